The van der Waals surface area contributed by atoms with Gasteiger partial charge in [0.2, 0.25) is 0 Å². The van der Waals surface area contributed by atoms with Crippen LogP contribution in [0.2, 0.25) is 0 Å². The summed E-state index contributed by atoms with van der Waals surface area (Å²) in [6.45, 7) is 7.86. The lowest BCUT2D eigenvalue weighted by Crippen LogP contribution is -2.07. The van der Waals surface area contributed by atoms with E-state index in [1.54, 1.807) is 0 Å². The van der Waals surface area contributed by atoms with E-state index in [-0.39, 0.29) is 0 Å². The number of nitrogens with zero attached hydrogens (tertiary/aromatic N) is 3. The second kappa shape index (κ2) is 4.99. The predicted octanol–water partition coefficient (Wildman–Crippen LogP) is 2.53. The first kappa shape index (κ1) is 11.6. The van der Waals surface area contributed by atoms with Crippen molar-refractivity contribution in [2.75, 3.05) is 5.32 Å². The summed E-state index contributed by atoms with van der Waals surface area (Å²) in [4.78, 5) is 8.58. The Labute approximate surface area is 102 Å². The maximum atomic E-state index is 4.43. The van der Waals surface area contributed by atoms with Crippen molar-refractivity contribution in [1.82, 2.24) is 14.5 Å². The Morgan fingerprint density at radius 1 is 1.29 bits per heavy atom. The minimum atomic E-state index is 0.777. The topological polar surface area (TPSA) is 42.7 Å². The molecule has 0 unspecified atom stereocenters. The van der Waals surface area contributed by atoms with Crippen molar-refractivity contribution in [1.29, 1.82) is 0 Å². The Hall–Kier alpha value is -1.84. The number of imidazole rings is 1. The summed E-state index contributed by atoms with van der Waals surface area (Å²) < 4.78 is 2.13. The van der Waals surface area contributed by atoms with Crippen LogP contribution < -0.4 is 5.32 Å². The zero-order valence-electron chi connectivity index (χ0n) is 10.6. The van der Waals surface area contributed by atoms with Crippen LogP contribution in [0.4, 0.5) is 5.69 Å². The van der Waals surface area contributed by atoms with E-state index in [4.69, 9.17) is 0 Å². The highest BCUT2D eigenvalue weighted by Gasteiger charge is 2.02. The zero-order valence-corrected chi connectivity index (χ0v) is 10.6. The van der Waals surface area contributed by atoms with E-state index in [0.717, 1.165) is 30.2 Å². The monoisotopic (exact) mass is 230 g/mol. The second-order valence-corrected chi connectivity index (χ2v) is 4.11. The molecule has 0 spiro atoms. The fourth-order valence-electron chi connectivity index (χ4n) is 1.84. The summed E-state index contributed by atoms with van der Waals surface area (Å²) in [5.41, 5.74) is 4.35. The molecule has 0 aromatic carbocycles. The first-order chi connectivity index (χ1) is 8.20. The number of hydrogen-bond acceptors (Lipinski definition) is 3. The van der Waals surface area contributed by atoms with Crippen molar-refractivity contribution in [3.8, 4) is 0 Å². The van der Waals surface area contributed by atoms with Crippen LogP contribution in [0.1, 0.15) is 24.0 Å². The Bertz CT molecular complexity index is 502. The van der Waals surface area contributed by atoms with E-state index in [0.29, 0.717) is 0 Å². The zero-order chi connectivity index (χ0) is 12.3. The van der Waals surface area contributed by atoms with Gasteiger partial charge in [-0.05, 0) is 32.9 Å². The molecule has 1 N–H and O–H groups in total. The van der Waals surface area contributed by atoms with E-state index in [2.05, 4.69) is 32.8 Å². The van der Waals surface area contributed by atoms with Crippen LogP contribution >= 0.6 is 0 Å². The molecule has 0 radical (unpaired) electrons. The van der Waals surface area contributed by atoms with E-state index >= 15 is 0 Å². The molecular weight excluding hydrogens is 212 g/mol. The molecule has 4 nitrogen and oxygen atoms in total. The number of rotatable bonds is 4. The van der Waals surface area contributed by atoms with Crippen LogP contribution in [0, 0.1) is 13.8 Å². The van der Waals surface area contributed by atoms with Gasteiger partial charge in [0.15, 0.2) is 0 Å². The quantitative estimate of drug-likeness (QED) is 0.877. The van der Waals surface area contributed by atoms with E-state index in [9.17, 15) is 0 Å². The van der Waals surface area contributed by atoms with E-state index in [1.807, 2.05) is 32.4 Å². The number of aromatic nitrogens is 3. The van der Waals surface area contributed by atoms with Crippen LogP contribution in [0.25, 0.3) is 0 Å². The molecule has 0 aliphatic rings. The Morgan fingerprint density at radius 2 is 2.12 bits per heavy atom. The minimum Gasteiger partial charge on any atom is -0.378 e. The molecule has 0 fully saturated rings. The second-order valence-electron chi connectivity index (χ2n) is 4.11. The van der Waals surface area contributed by atoms with Gasteiger partial charge in [0.05, 0.1) is 29.9 Å². The van der Waals surface area contributed by atoms with Gasteiger partial charge >= 0.3 is 0 Å². The maximum Gasteiger partial charge on any atom is 0.0948 e. The third-order valence-electron chi connectivity index (χ3n) is 2.82. The molecule has 90 valence electrons. The van der Waals surface area contributed by atoms with Gasteiger partial charge in [0.25, 0.3) is 0 Å². The summed E-state index contributed by atoms with van der Waals surface area (Å²) in [5.74, 6) is 0. The number of pyridine rings is 1. The molecule has 2 rings (SSSR count). The molecule has 0 saturated carbocycles. The van der Waals surface area contributed by atoms with Gasteiger partial charge in [-0.2, -0.15) is 0 Å². The smallest absolute Gasteiger partial charge is 0.0948 e. The van der Waals surface area contributed by atoms with Gasteiger partial charge < -0.3 is 9.88 Å². The summed E-state index contributed by atoms with van der Waals surface area (Å²) in [6, 6.07) is 4.09. The number of anilines is 1. The number of nitrogens with one attached hydrogen (secondary N) is 1. The standard InChI is InChI=1S/C13H18N4/c1-4-17-9-14-7-12(17)8-15-13-6-5-10(2)16-11(13)3/h5-7,9,15H,4,8H2,1-3H3. The van der Waals surface area contributed by atoms with Crippen LogP contribution in [0.5, 0.6) is 0 Å². The SMILES string of the molecule is CCn1cncc1CNc1ccc(C)nc1C. The highest BCUT2D eigenvalue weighted by molar-refractivity contribution is 5.47. The first-order valence-corrected chi connectivity index (χ1v) is 5.88. The normalized spacial score (nSPS) is 10.5. The van der Waals surface area contributed by atoms with Gasteiger partial charge in [-0.1, -0.05) is 0 Å². The lowest BCUT2D eigenvalue weighted by molar-refractivity contribution is 0.719. The summed E-state index contributed by atoms with van der Waals surface area (Å²) in [7, 11) is 0. The van der Waals surface area contributed by atoms with Crippen molar-refractivity contribution in [3.05, 3.63) is 41.7 Å². The van der Waals surface area contributed by atoms with Crippen LogP contribution in [-0.4, -0.2) is 14.5 Å². The van der Waals surface area contributed by atoms with Crippen molar-refractivity contribution < 1.29 is 0 Å². The maximum absolute atomic E-state index is 4.43. The Morgan fingerprint density at radius 3 is 2.82 bits per heavy atom. The minimum absolute atomic E-state index is 0.777. The van der Waals surface area contributed by atoms with Crippen LogP contribution in [-0.2, 0) is 13.1 Å². The summed E-state index contributed by atoms with van der Waals surface area (Å²) in [5, 5.41) is 3.39. The lowest BCUT2D eigenvalue weighted by Gasteiger charge is -2.10. The van der Waals surface area contributed by atoms with E-state index in [1.165, 1.54) is 5.69 Å². The fourth-order valence-corrected chi connectivity index (χ4v) is 1.84. The fraction of sp³-hybridized carbons (Fsp3) is 0.385. The molecule has 0 bridgehead atoms. The van der Waals surface area contributed by atoms with E-state index < -0.39 is 0 Å². The van der Waals surface area contributed by atoms with Crippen LogP contribution in [0.15, 0.2) is 24.7 Å². The highest BCUT2D eigenvalue weighted by Crippen LogP contribution is 2.13. The molecule has 2 aromatic heterocycles. The van der Waals surface area contributed by atoms with Crippen molar-refractivity contribution in [2.24, 2.45) is 0 Å². The third-order valence-corrected chi connectivity index (χ3v) is 2.82. The Kier molecular flexibility index (Phi) is 3.42. The summed E-state index contributed by atoms with van der Waals surface area (Å²) in [6.07, 6.45) is 3.75. The largest absolute Gasteiger partial charge is 0.378 e. The predicted molar refractivity (Wildman–Crippen MR) is 68.9 cm³/mol. The average Bonchev–Trinajstić information content (AvgIpc) is 2.75. The first-order valence-electron chi connectivity index (χ1n) is 5.88. The number of hydrogen-bond donors (Lipinski definition) is 1. The third kappa shape index (κ3) is 2.64. The molecule has 0 aliphatic heterocycles. The molecule has 0 saturated heterocycles. The van der Waals surface area contributed by atoms with Crippen molar-refractivity contribution in [3.63, 3.8) is 0 Å². The molecule has 2 aromatic rings. The average molecular weight is 230 g/mol. The molecule has 0 amide bonds. The molecule has 4 heteroatoms. The highest BCUT2D eigenvalue weighted by atomic mass is 15.1. The van der Waals surface area contributed by atoms with Crippen molar-refractivity contribution in [2.45, 2.75) is 33.9 Å². The molecule has 17 heavy (non-hydrogen) atoms. The van der Waals surface area contributed by atoms with Crippen molar-refractivity contribution >= 4 is 5.69 Å². The Balaban J connectivity index is 2.07. The van der Waals surface area contributed by atoms with Gasteiger partial charge in [0.1, 0.15) is 0 Å². The molecule has 0 aliphatic carbocycles. The van der Waals surface area contributed by atoms with Gasteiger partial charge in [-0.15, -0.1) is 0 Å². The van der Waals surface area contributed by atoms with Crippen LogP contribution in [0.3, 0.4) is 0 Å². The molecular formula is C13H18N4. The number of aryl methyl sites for hydroxylation is 3. The molecule has 0 atom stereocenters. The van der Waals surface area contributed by atoms with Gasteiger partial charge in [-0.3, -0.25) is 4.98 Å². The molecule has 2 heterocycles. The van der Waals surface area contributed by atoms with Gasteiger partial charge in [0, 0.05) is 18.4 Å². The summed E-state index contributed by atoms with van der Waals surface area (Å²) >= 11 is 0. The van der Waals surface area contributed by atoms with Gasteiger partial charge in [-0.25, -0.2) is 4.98 Å². The lowest BCUT2D eigenvalue weighted by atomic mass is 10.2.